The van der Waals surface area contributed by atoms with E-state index in [1.165, 1.54) is 12.1 Å². The molecule has 2 rings (SSSR count). The summed E-state index contributed by atoms with van der Waals surface area (Å²) in [5.41, 5.74) is 1.72. The molecule has 0 saturated heterocycles. The summed E-state index contributed by atoms with van der Waals surface area (Å²) in [6.07, 6.45) is 0.825. The van der Waals surface area contributed by atoms with Crippen LogP contribution in [0.3, 0.4) is 0 Å². The van der Waals surface area contributed by atoms with Crippen LogP contribution in [0.4, 0.5) is 4.39 Å². The van der Waals surface area contributed by atoms with E-state index in [4.69, 9.17) is 21.1 Å². The van der Waals surface area contributed by atoms with Crippen molar-refractivity contribution >= 4 is 11.6 Å². The Kier molecular flexibility index (Phi) is 8.16. The van der Waals surface area contributed by atoms with E-state index < -0.39 is 0 Å². The zero-order valence-electron chi connectivity index (χ0n) is 15.1. The normalized spacial score (nSPS) is 12.0. The summed E-state index contributed by atoms with van der Waals surface area (Å²) in [6, 6.07) is 9.75. The summed E-state index contributed by atoms with van der Waals surface area (Å²) >= 11 is 6.39. The molecular weight excluding hydrogens is 357 g/mol. The third-order valence-electron chi connectivity index (χ3n) is 4.01. The van der Waals surface area contributed by atoms with Crippen LogP contribution in [0.1, 0.15) is 31.4 Å². The van der Waals surface area contributed by atoms with Crippen molar-refractivity contribution in [3.63, 3.8) is 0 Å². The number of hydrogen-bond acceptors (Lipinski definition) is 4. The molecule has 0 aromatic heterocycles. The van der Waals surface area contributed by atoms with Gasteiger partial charge in [0.1, 0.15) is 12.4 Å². The summed E-state index contributed by atoms with van der Waals surface area (Å²) in [7, 11) is 0. The Bertz CT molecular complexity index is 690. The number of halogens is 2. The zero-order valence-corrected chi connectivity index (χ0v) is 15.9. The van der Waals surface area contributed by atoms with Gasteiger partial charge in [-0.1, -0.05) is 30.7 Å². The van der Waals surface area contributed by atoms with Gasteiger partial charge in [-0.25, -0.2) is 4.39 Å². The lowest BCUT2D eigenvalue weighted by Crippen LogP contribution is -2.31. The average Bonchev–Trinajstić information content (AvgIpc) is 2.65. The molecule has 2 aromatic rings. The van der Waals surface area contributed by atoms with Crippen LogP contribution >= 0.6 is 11.6 Å². The van der Waals surface area contributed by atoms with Crippen molar-refractivity contribution in [1.82, 2.24) is 5.32 Å². The number of aliphatic hydroxyl groups is 1. The van der Waals surface area contributed by atoms with Gasteiger partial charge in [0.25, 0.3) is 0 Å². The van der Waals surface area contributed by atoms with Crippen LogP contribution in [0.2, 0.25) is 5.02 Å². The third kappa shape index (κ3) is 5.87. The Morgan fingerprint density at radius 2 is 1.81 bits per heavy atom. The standard InChI is InChI=1S/C20H25ClFNO3/c1-3-17(12-24)23-11-15-9-19(25-4-2)20(10-18(15)21)26-13-14-5-7-16(22)8-6-14/h5-10,17,23-24H,3-4,11-13H2,1-2H3. The lowest BCUT2D eigenvalue weighted by molar-refractivity contribution is 0.238. The predicted octanol–water partition coefficient (Wildman–Crippen LogP) is 4.32. The molecule has 0 fully saturated rings. The van der Waals surface area contributed by atoms with Crippen LogP contribution in [0, 0.1) is 5.82 Å². The molecule has 0 radical (unpaired) electrons. The maximum atomic E-state index is 13.0. The number of aliphatic hydroxyl groups excluding tert-OH is 1. The lowest BCUT2D eigenvalue weighted by atomic mass is 10.1. The molecule has 0 bridgehead atoms. The minimum Gasteiger partial charge on any atom is -0.490 e. The highest BCUT2D eigenvalue weighted by molar-refractivity contribution is 6.31. The van der Waals surface area contributed by atoms with Crippen molar-refractivity contribution in [2.24, 2.45) is 0 Å². The minimum absolute atomic E-state index is 0.0241. The molecule has 26 heavy (non-hydrogen) atoms. The topological polar surface area (TPSA) is 50.7 Å². The van der Waals surface area contributed by atoms with Gasteiger partial charge >= 0.3 is 0 Å². The molecule has 2 N–H and O–H groups in total. The van der Waals surface area contributed by atoms with Crippen LogP contribution in [0.25, 0.3) is 0 Å². The summed E-state index contributed by atoms with van der Waals surface area (Å²) in [4.78, 5) is 0. The lowest BCUT2D eigenvalue weighted by Gasteiger charge is -2.17. The molecular formula is C20H25ClFNO3. The number of hydrogen-bond donors (Lipinski definition) is 2. The Hall–Kier alpha value is -1.82. The number of benzene rings is 2. The van der Waals surface area contributed by atoms with E-state index in [1.807, 2.05) is 19.9 Å². The monoisotopic (exact) mass is 381 g/mol. The van der Waals surface area contributed by atoms with Crippen LogP contribution in [0.15, 0.2) is 36.4 Å². The number of ether oxygens (including phenoxy) is 2. The summed E-state index contributed by atoms with van der Waals surface area (Å²) in [6.45, 7) is 5.29. The first-order valence-electron chi connectivity index (χ1n) is 8.74. The molecule has 6 heteroatoms. The average molecular weight is 382 g/mol. The van der Waals surface area contributed by atoms with Gasteiger partial charge in [-0.2, -0.15) is 0 Å². The highest BCUT2D eigenvalue weighted by Crippen LogP contribution is 2.34. The molecule has 4 nitrogen and oxygen atoms in total. The van der Waals surface area contributed by atoms with Crippen molar-refractivity contribution in [2.45, 2.75) is 39.5 Å². The van der Waals surface area contributed by atoms with Crippen molar-refractivity contribution in [3.8, 4) is 11.5 Å². The van der Waals surface area contributed by atoms with E-state index in [2.05, 4.69) is 5.32 Å². The van der Waals surface area contributed by atoms with Gasteiger partial charge in [-0.3, -0.25) is 0 Å². The largest absolute Gasteiger partial charge is 0.490 e. The molecule has 1 atom stereocenters. The van der Waals surface area contributed by atoms with Gasteiger partial charge in [0.2, 0.25) is 0 Å². The Balaban J connectivity index is 2.12. The summed E-state index contributed by atoms with van der Waals surface area (Å²) in [5.74, 6) is 0.865. The SMILES string of the molecule is CCOc1cc(CNC(CC)CO)c(Cl)cc1OCc1ccc(F)cc1. The summed E-state index contributed by atoms with van der Waals surface area (Å²) < 4.78 is 24.5. The minimum atomic E-state index is -0.281. The first kappa shape index (κ1) is 20.5. The first-order chi connectivity index (χ1) is 12.6. The maximum Gasteiger partial charge on any atom is 0.163 e. The smallest absolute Gasteiger partial charge is 0.163 e. The van der Waals surface area contributed by atoms with Gasteiger partial charge < -0.3 is 19.9 Å². The van der Waals surface area contributed by atoms with Crippen LogP contribution < -0.4 is 14.8 Å². The molecule has 2 aromatic carbocycles. The highest BCUT2D eigenvalue weighted by atomic mass is 35.5. The van der Waals surface area contributed by atoms with Crippen molar-refractivity contribution in [3.05, 3.63) is 58.4 Å². The second-order valence-corrected chi connectivity index (χ2v) is 6.31. The fraction of sp³-hybridized carbons (Fsp3) is 0.400. The van der Waals surface area contributed by atoms with Gasteiger partial charge in [-0.15, -0.1) is 0 Å². The molecule has 0 amide bonds. The number of nitrogens with one attached hydrogen (secondary N) is 1. The summed E-state index contributed by atoms with van der Waals surface area (Å²) in [5, 5.41) is 13.1. The van der Waals surface area contributed by atoms with Gasteiger partial charge in [0.15, 0.2) is 11.5 Å². The Labute approximate surface area is 158 Å². The van der Waals surface area contributed by atoms with Gasteiger partial charge in [0, 0.05) is 23.7 Å². The molecule has 0 aliphatic rings. The van der Waals surface area contributed by atoms with Gasteiger partial charge in [-0.05, 0) is 42.7 Å². The maximum absolute atomic E-state index is 13.0. The molecule has 0 spiro atoms. The first-order valence-corrected chi connectivity index (χ1v) is 9.11. The zero-order chi connectivity index (χ0) is 18.9. The van der Waals surface area contributed by atoms with Crippen LogP contribution in [0.5, 0.6) is 11.5 Å². The molecule has 1 unspecified atom stereocenters. The fourth-order valence-electron chi connectivity index (χ4n) is 2.43. The van der Waals surface area contributed by atoms with Crippen molar-refractivity contribution in [2.75, 3.05) is 13.2 Å². The third-order valence-corrected chi connectivity index (χ3v) is 4.37. The van der Waals surface area contributed by atoms with E-state index in [0.717, 1.165) is 17.5 Å². The van der Waals surface area contributed by atoms with E-state index in [0.29, 0.717) is 29.7 Å². The van der Waals surface area contributed by atoms with Crippen molar-refractivity contribution in [1.29, 1.82) is 0 Å². The van der Waals surface area contributed by atoms with E-state index in [1.54, 1.807) is 18.2 Å². The predicted molar refractivity (Wildman–Crippen MR) is 101 cm³/mol. The number of rotatable bonds is 10. The highest BCUT2D eigenvalue weighted by Gasteiger charge is 2.13. The molecule has 0 heterocycles. The molecule has 0 aliphatic heterocycles. The Morgan fingerprint density at radius 1 is 1.12 bits per heavy atom. The fourth-order valence-corrected chi connectivity index (χ4v) is 2.65. The van der Waals surface area contributed by atoms with Crippen LogP contribution in [-0.2, 0) is 13.2 Å². The van der Waals surface area contributed by atoms with E-state index in [-0.39, 0.29) is 25.1 Å². The van der Waals surface area contributed by atoms with Crippen molar-refractivity contribution < 1.29 is 19.0 Å². The molecule has 142 valence electrons. The van der Waals surface area contributed by atoms with E-state index >= 15 is 0 Å². The van der Waals surface area contributed by atoms with E-state index in [9.17, 15) is 9.50 Å². The van der Waals surface area contributed by atoms with Gasteiger partial charge in [0.05, 0.1) is 13.2 Å². The quantitative estimate of drug-likeness (QED) is 0.643. The second kappa shape index (κ2) is 10.4. The second-order valence-electron chi connectivity index (χ2n) is 5.91. The Morgan fingerprint density at radius 3 is 2.42 bits per heavy atom. The van der Waals surface area contributed by atoms with Crippen LogP contribution in [-0.4, -0.2) is 24.4 Å². The molecule has 0 saturated carbocycles. The molecule has 0 aliphatic carbocycles.